The average Bonchev–Trinajstić information content (AvgIpc) is 2.31. The van der Waals surface area contributed by atoms with E-state index < -0.39 is 0 Å². The standard InChI is InChI=1S/C14H17N3O/c1-8(2)13-10(7-11(15)14(18)17-13)12-6-4-5-9(3)16-12/h4-8H,15H2,1-3H3,(H,17,18). The minimum atomic E-state index is -0.241. The maximum absolute atomic E-state index is 11.6. The van der Waals surface area contributed by atoms with E-state index in [-0.39, 0.29) is 17.2 Å². The molecule has 2 aromatic rings. The predicted molar refractivity (Wildman–Crippen MR) is 73.5 cm³/mol. The molecule has 0 unspecified atom stereocenters. The molecule has 2 heterocycles. The van der Waals surface area contributed by atoms with E-state index in [1.807, 2.05) is 39.0 Å². The van der Waals surface area contributed by atoms with Crippen LogP contribution < -0.4 is 11.3 Å². The largest absolute Gasteiger partial charge is 0.394 e. The summed E-state index contributed by atoms with van der Waals surface area (Å²) < 4.78 is 0. The van der Waals surface area contributed by atoms with Crippen molar-refractivity contribution < 1.29 is 0 Å². The van der Waals surface area contributed by atoms with Crippen LogP contribution in [0.1, 0.15) is 31.2 Å². The van der Waals surface area contributed by atoms with Crippen LogP contribution >= 0.6 is 0 Å². The Morgan fingerprint density at radius 1 is 1.33 bits per heavy atom. The summed E-state index contributed by atoms with van der Waals surface area (Å²) in [6.45, 7) is 6.00. The number of nitrogens with two attached hydrogens (primary N) is 1. The molecule has 0 fully saturated rings. The molecule has 0 spiro atoms. The number of nitrogens with zero attached hydrogens (tertiary/aromatic N) is 1. The monoisotopic (exact) mass is 243 g/mol. The molecule has 0 aromatic carbocycles. The lowest BCUT2D eigenvalue weighted by Gasteiger charge is -2.13. The topological polar surface area (TPSA) is 71.8 Å². The molecule has 0 aliphatic heterocycles. The summed E-state index contributed by atoms with van der Waals surface area (Å²) in [5, 5.41) is 0. The van der Waals surface area contributed by atoms with Crippen molar-refractivity contribution in [2.75, 3.05) is 5.73 Å². The third-order valence-corrected chi connectivity index (χ3v) is 2.84. The third-order valence-electron chi connectivity index (χ3n) is 2.84. The lowest BCUT2D eigenvalue weighted by molar-refractivity contribution is 0.818. The van der Waals surface area contributed by atoms with Crippen molar-refractivity contribution in [3.8, 4) is 11.3 Å². The van der Waals surface area contributed by atoms with E-state index in [0.717, 1.165) is 22.6 Å². The summed E-state index contributed by atoms with van der Waals surface area (Å²) in [4.78, 5) is 18.9. The minimum absolute atomic E-state index is 0.204. The molecule has 18 heavy (non-hydrogen) atoms. The van der Waals surface area contributed by atoms with Crippen molar-refractivity contribution in [3.05, 3.63) is 46.0 Å². The number of nitrogen functional groups attached to an aromatic ring is 1. The zero-order valence-corrected chi connectivity index (χ0v) is 10.8. The van der Waals surface area contributed by atoms with Crippen LogP contribution in [0.3, 0.4) is 0 Å². The second-order valence-corrected chi connectivity index (χ2v) is 4.70. The molecule has 94 valence electrons. The van der Waals surface area contributed by atoms with Crippen molar-refractivity contribution in [2.45, 2.75) is 26.7 Å². The highest BCUT2D eigenvalue weighted by molar-refractivity contribution is 5.66. The van der Waals surface area contributed by atoms with E-state index in [0.29, 0.717) is 0 Å². The van der Waals surface area contributed by atoms with E-state index in [9.17, 15) is 4.79 Å². The summed E-state index contributed by atoms with van der Waals surface area (Å²) in [7, 11) is 0. The van der Waals surface area contributed by atoms with Gasteiger partial charge in [-0.05, 0) is 31.0 Å². The summed E-state index contributed by atoms with van der Waals surface area (Å²) in [5.74, 6) is 0.204. The van der Waals surface area contributed by atoms with Gasteiger partial charge in [0.25, 0.3) is 5.56 Å². The highest BCUT2D eigenvalue weighted by Gasteiger charge is 2.12. The first-order valence-electron chi connectivity index (χ1n) is 5.95. The van der Waals surface area contributed by atoms with E-state index in [2.05, 4.69) is 9.97 Å². The second-order valence-electron chi connectivity index (χ2n) is 4.70. The van der Waals surface area contributed by atoms with Crippen molar-refractivity contribution in [3.63, 3.8) is 0 Å². The van der Waals surface area contributed by atoms with Gasteiger partial charge in [-0.25, -0.2) is 0 Å². The summed E-state index contributed by atoms with van der Waals surface area (Å²) in [6, 6.07) is 7.51. The number of H-pyrrole nitrogens is 1. The van der Waals surface area contributed by atoms with E-state index in [4.69, 9.17) is 5.73 Å². The smallest absolute Gasteiger partial charge is 0.271 e. The highest BCUT2D eigenvalue weighted by Crippen LogP contribution is 2.26. The van der Waals surface area contributed by atoms with Gasteiger partial charge in [0.05, 0.1) is 11.4 Å². The first-order chi connectivity index (χ1) is 8.49. The zero-order valence-electron chi connectivity index (χ0n) is 10.8. The maximum atomic E-state index is 11.6. The molecule has 0 bridgehead atoms. The quantitative estimate of drug-likeness (QED) is 0.851. The molecule has 4 nitrogen and oxygen atoms in total. The fraction of sp³-hybridized carbons (Fsp3) is 0.286. The summed E-state index contributed by atoms with van der Waals surface area (Å²) in [5.41, 5.74) is 9.21. The minimum Gasteiger partial charge on any atom is -0.394 e. The fourth-order valence-electron chi connectivity index (χ4n) is 1.92. The lowest BCUT2D eigenvalue weighted by atomic mass is 10.0. The van der Waals surface area contributed by atoms with Crippen molar-refractivity contribution in [1.29, 1.82) is 0 Å². The number of aromatic nitrogens is 2. The van der Waals surface area contributed by atoms with Crippen molar-refractivity contribution >= 4 is 5.69 Å². The normalized spacial score (nSPS) is 10.9. The third kappa shape index (κ3) is 2.27. The number of aromatic amines is 1. The van der Waals surface area contributed by atoms with E-state index in [1.54, 1.807) is 6.07 Å². The van der Waals surface area contributed by atoms with Crippen LogP contribution in [0.2, 0.25) is 0 Å². The molecular weight excluding hydrogens is 226 g/mol. The molecule has 0 saturated heterocycles. The maximum Gasteiger partial charge on any atom is 0.271 e. The average molecular weight is 243 g/mol. The van der Waals surface area contributed by atoms with Gasteiger partial charge in [-0.3, -0.25) is 9.78 Å². The van der Waals surface area contributed by atoms with Gasteiger partial charge in [-0.1, -0.05) is 19.9 Å². The van der Waals surface area contributed by atoms with E-state index >= 15 is 0 Å². The van der Waals surface area contributed by atoms with Crippen LogP contribution in [-0.4, -0.2) is 9.97 Å². The summed E-state index contributed by atoms with van der Waals surface area (Å²) >= 11 is 0. The molecule has 0 aliphatic carbocycles. The Morgan fingerprint density at radius 2 is 2.06 bits per heavy atom. The molecular formula is C14H17N3O. The van der Waals surface area contributed by atoms with Crippen molar-refractivity contribution in [1.82, 2.24) is 9.97 Å². The van der Waals surface area contributed by atoms with Gasteiger partial charge in [0.2, 0.25) is 0 Å². The molecule has 3 N–H and O–H groups in total. The van der Waals surface area contributed by atoms with Crippen molar-refractivity contribution in [2.24, 2.45) is 0 Å². The van der Waals surface area contributed by atoms with Gasteiger partial charge in [0, 0.05) is 17.0 Å². The fourth-order valence-corrected chi connectivity index (χ4v) is 1.92. The molecule has 4 heteroatoms. The first-order valence-corrected chi connectivity index (χ1v) is 5.95. The van der Waals surface area contributed by atoms with Gasteiger partial charge in [-0.2, -0.15) is 0 Å². The Labute approximate surface area is 106 Å². The molecule has 2 aromatic heterocycles. The van der Waals surface area contributed by atoms with Gasteiger partial charge in [0.1, 0.15) is 0 Å². The first kappa shape index (κ1) is 12.4. The molecule has 2 rings (SSSR count). The van der Waals surface area contributed by atoms with Gasteiger partial charge >= 0.3 is 0 Å². The number of hydrogen-bond acceptors (Lipinski definition) is 3. The van der Waals surface area contributed by atoms with Crippen LogP contribution in [-0.2, 0) is 0 Å². The van der Waals surface area contributed by atoms with Crippen LogP contribution in [0, 0.1) is 6.92 Å². The SMILES string of the molecule is Cc1cccc(-c2cc(N)c(=O)[nH]c2C(C)C)n1. The Hall–Kier alpha value is -2.10. The number of rotatable bonds is 2. The Morgan fingerprint density at radius 3 is 2.67 bits per heavy atom. The Bertz CT molecular complexity index is 629. The molecule has 0 atom stereocenters. The van der Waals surface area contributed by atoms with Crippen LogP contribution in [0.15, 0.2) is 29.1 Å². The second kappa shape index (κ2) is 4.64. The van der Waals surface area contributed by atoms with E-state index in [1.165, 1.54) is 0 Å². The van der Waals surface area contributed by atoms with Gasteiger partial charge < -0.3 is 10.7 Å². The zero-order chi connectivity index (χ0) is 13.3. The molecule has 0 aliphatic rings. The number of nitrogens with one attached hydrogen (secondary N) is 1. The van der Waals surface area contributed by atoms with Crippen LogP contribution in [0.25, 0.3) is 11.3 Å². The molecule has 0 radical (unpaired) electrons. The number of anilines is 1. The highest BCUT2D eigenvalue weighted by atomic mass is 16.1. The van der Waals surface area contributed by atoms with Crippen LogP contribution in [0.5, 0.6) is 0 Å². The summed E-state index contributed by atoms with van der Waals surface area (Å²) in [6.07, 6.45) is 0. The van der Waals surface area contributed by atoms with Gasteiger partial charge in [0.15, 0.2) is 0 Å². The molecule has 0 amide bonds. The lowest BCUT2D eigenvalue weighted by Crippen LogP contribution is -2.15. The number of aryl methyl sites for hydroxylation is 1. The molecule has 0 saturated carbocycles. The van der Waals surface area contributed by atoms with Gasteiger partial charge in [-0.15, -0.1) is 0 Å². The Kier molecular flexibility index (Phi) is 3.19. The Balaban J connectivity index is 2.69. The predicted octanol–water partition coefficient (Wildman–Crippen LogP) is 2.45. The number of hydrogen-bond donors (Lipinski definition) is 2. The van der Waals surface area contributed by atoms with Crippen LogP contribution in [0.4, 0.5) is 5.69 Å². The number of pyridine rings is 2.